The summed E-state index contributed by atoms with van der Waals surface area (Å²) in [7, 11) is 0. The summed E-state index contributed by atoms with van der Waals surface area (Å²) in [5, 5.41) is 0.563. The maximum Gasteiger partial charge on any atom is 0.355 e. The van der Waals surface area contributed by atoms with E-state index in [1.807, 2.05) is 30.6 Å². The number of aryl methyl sites for hydroxylation is 1. The molecule has 2 saturated heterocycles. The zero-order chi connectivity index (χ0) is 60.9. The van der Waals surface area contributed by atoms with Gasteiger partial charge in [0.2, 0.25) is 17.8 Å². The minimum absolute atomic E-state index is 0.0200. The molecule has 2 aliphatic heterocycles. The minimum Gasteiger partial charge on any atom is -0.398 e. The average molecular weight is 1180 g/mol. The van der Waals surface area contributed by atoms with Gasteiger partial charge in [-0.25, -0.2) is 66.2 Å². The number of rotatable bonds is 12. The van der Waals surface area contributed by atoms with Gasteiger partial charge in [-0.15, -0.1) is 0 Å². The summed E-state index contributed by atoms with van der Waals surface area (Å²) in [5.41, 5.74) is 14.4. The molecule has 4 aliphatic carbocycles. The van der Waals surface area contributed by atoms with Crippen LogP contribution in [-0.2, 0) is 9.59 Å². The van der Waals surface area contributed by atoms with Crippen LogP contribution in [0, 0.1) is 30.2 Å². The van der Waals surface area contributed by atoms with Gasteiger partial charge in [0, 0.05) is 86.3 Å². The second-order valence-corrected chi connectivity index (χ2v) is 23.4. The standard InChI is InChI=1S/C32H32F2N8O2.C31H30F2N8O2/c1-4-24(43)40-12-13-41(16(2)15-40)30-20-14-22(34)28(25-21(33)6-5-7-23(25)35)38-31(20)42(32(44)39-30)29-26(18-8-9-18)36-17(3)37-27(29)19-10-11-19;1-3-23(42)39-12-13-40(16(2)15-39)28-20-14-22(33)26(19-6-4-5-7-21(19)32)35-29(20)41(31(43)38-28)27-24(17-8-9-17)36-30(34)37-25(27)18-10-11-18/h4-7,14,16,18-19H,1,8-13,15,35H2,2-3H3;3-7,14,16-18H,1,8-13,15H2,2H3,(H2,34,36,37)/t2*16-/m00/s1. The molecule has 0 bridgehead atoms. The van der Waals surface area contributed by atoms with Crippen molar-refractivity contribution >= 4 is 57.2 Å². The number of anilines is 4. The number of piperazine rings is 2. The van der Waals surface area contributed by atoms with Crippen molar-refractivity contribution in [2.45, 2.75) is 108 Å². The predicted octanol–water partition coefficient (Wildman–Crippen LogP) is 8.46. The van der Waals surface area contributed by atoms with Crippen LogP contribution in [0.15, 0.2) is 89.5 Å². The number of amides is 2. The Morgan fingerprint density at radius 1 is 0.540 bits per heavy atom. The van der Waals surface area contributed by atoms with Gasteiger partial charge in [-0.1, -0.05) is 31.4 Å². The first-order chi connectivity index (χ1) is 41.9. The highest BCUT2D eigenvalue weighted by Gasteiger charge is 2.41. The van der Waals surface area contributed by atoms with Gasteiger partial charge in [0.1, 0.15) is 46.3 Å². The summed E-state index contributed by atoms with van der Waals surface area (Å²) in [4.78, 5) is 97.1. The van der Waals surface area contributed by atoms with Gasteiger partial charge in [-0.3, -0.25) is 9.59 Å². The Labute approximate surface area is 496 Å². The lowest BCUT2D eigenvalue weighted by Gasteiger charge is -2.40. The molecule has 20 nitrogen and oxygen atoms in total. The average Bonchev–Trinajstić information content (AvgIpc) is 1.43. The number of nitrogen functional groups attached to an aromatic ring is 2. The number of nitrogens with two attached hydrogens (primary N) is 2. The van der Waals surface area contributed by atoms with Gasteiger partial charge < -0.3 is 31.1 Å². The third-order valence-corrected chi connectivity index (χ3v) is 17.1. The van der Waals surface area contributed by atoms with Crippen LogP contribution in [0.1, 0.15) is 117 Å². The number of pyridine rings is 2. The van der Waals surface area contributed by atoms with Crippen molar-refractivity contribution in [2.75, 3.05) is 60.5 Å². The SMILES string of the molecule is C=CC(=O)N1CCN(c2nc(=O)n(-c3c(C4CC4)nc(C)nc3C3CC3)c3nc(-c4c(N)cccc4F)c(F)cc23)[C@@H](C)C1.C=CC(=O)N1CCN(c2nc(=O)n(-c3c(C4CC4)nc(N)nc3C3CC3)c3nc(-c4ccccc4F)c(F)cc23)[C@@H](C)C1. The Bertz CT molecular complexity index is 4240. The van der Waals surface area contributed by atoms with Crippen LogP contribution in [0.3, 0.4) is 0 Å². The summed E-state index contributed by atoms with van der Waals surface area (Å²) < 4.78 is 64.8. The Morgan fingerprint density at radius 3 is 1.39 bits per heavy atom. The number of aromatic nitrogens is 10. The molecular formula is C63H62F4N16O4. The highest BCUT2D eigenvalue weighted by molar-refractivity contribution is 5.93. The van der Waals surface area contributed by atoms with E-state index in [-0.39, 0.29) is 115 Å². The predicted molar refractivity (Wildman–Crippen MR) is 321 cm³/mol. The monoisotopic (exact) mass is 1180 g/mol. The van der Waals surface area contributed by atoms with E-state index in [1.54, 1.807) is 15.9 Å². The van der Waals surface area contributed by atoms with Crippen LogP contribution in [-0.4, -0.2) is 122 Å². The van der Waals surface area contributed by atoms with Crippen LogP contribution in [0.4, 0.5) is 40.8 Å². The topological polar surface area (TPSA) is 246 Å². The van der Waals surface area contributed by atoms with E-state index in [4.69, 9.17) is 21.4 Å². The maximum absolute atomic E-state index is 16.0. The van der Waals surface area contributed by atoms with Crippen molar-refractivity contribution in [1.29, 1.82) is 0 Å². The van der Waals surface area contributed by atoms with E-state index in [1.165, 1.54) is 69.8 Å². The molecule has 2 aromatic carbocycles. The fourth-order valence-electron chi connectivity index (χ4n) is 12.2. The van der Waals surface area contributed by atoms with Gasteiger partial charge >= 0.3 is 11.4 Å². The molecule has 8 aromatic rings. The number of hydrogen-bond donors (Lipinski definition) is 2. The summed E-state index contributed by atoms with van der Waals surface area (Å²) >= 11 is 0. The highest BCUT2D eigenvalue weighted by atomic mass is 19.1. The zero-order valence-electron chi connectivity index (χ0n) is 48.2. The number of fused-ring (bicyclic) bond motifs is 2. The molecule has 6 aromatic heterocycles. The lowest BCUT2D eigenvalue weighted by Crippen LogP contribution is -2.54. The Kier molecular flexibility index (Phi) is 14.4. The molecule has 4 N–H and O–H groups in total. The Balaban J connectivity index is 0.000000161. The lowest BCUT2D eigenvalue weighted by molar-refractivity contribution is -0.127. The fraction of sp³-hybridized carbons (Fsp3) is 0.365. The zero-order valence-corrected chi connectivity index (χ0v) is 48.2. The summed E-state index contributed by atoms with van der Waals surface area (Å²) in [6.45, 7) is 15.0. The number of benzene rings is 2. The number of halogens is 4. The van der Waals surface area contributed by atoms with Crippen LogP contribution in [0.25, 0.3) is 56.0 Å². The molecule has 0 unspecified atom stereocenters. The first-order valence-electron chi connectivity index (χ1n) is 29.4. The van der Waals surface area contributed by atoms with Gasteiger partial charge in [0.05, 0.1) is 50.5 Å². The Hall–Kier alpha value is -9.48. The third kappa shape index (κ3) is 10.5. The van der Waals surface area contributed by atoms with E-state index in [0.717, 1.165) is 62.8 Å². The van der Waals surface area contributed by atoms with Crippen molar-refractivity contribution in [3.63, 3.8) is 0 Å². The molecule has 446 valence electrons. The van der Waals surface area contributed by atoms with Crippen LogP contribution in [0.2, 0.25) is 0 Å². The van der Waals surface area contributed by atoms with Crippen LogP contribution >= 0.6 is 0 Å². The van der Waals surface area contributed by atoms with Crippen molar-refractivity contribution in [1.82, 2.24) is 58.8 Å². The van der Waals surface area contributed by atoms with Crippen molar-refractivity contribution in [3.05, 3.63) is 153 Å². The molecule has 0 spiro atoms. The molecule has 6 aliphatic rings. The highest BCUT2D eigenvalue weighted by Crippen LogP contribution is 2.50. The maximum atomic E-state index is 16.0. The first-order valence-corrected chi connectivity index (χ1v) is 29.4. The van der Waals surface area contributed by atoms with E-state index in [9.17, 15) is 23.6 Å². The second kappa shape index (κ2) is 22.1. The molecule has 87 heavy (non-hydrogen) atoms. The number of carbonyl (C=O) groups excluding carboxylic acids is 2. The van der Waals surface area contributed by atoms with Gasteiger partial charge in [0.25, 0.3) is 0 Å². The van der Waals surface area contributed by atoms with Gasteiger partial charge in [-0.2, -0.15) is 9.97 Å². The smallest absolute Gasteiger partial charge is 0.355 e. The molecule has 8 heterocycles. The quantitative estimate of drug-likeness (QED) is 0.0662. The first kappa shape index (κ1) is 56.6. The second-order valence-electron chi connectivity index (χ2n) is 23.4. The lowest BCUT2D eigenvalue weighted by atomic mass is 10.1. The minimum atomic E-state index is -0.805. The normalized spacial score (nSPS) is 18.7. The van der Waals surface area contributed by atoms with E-state index in [2.05, 4.69) is 43.1 Å². The molecule has 2 atom stereocenters. The summed E-state index contributed by atoms with van der Waals surface area (Å²) in [6.07, 6.45) is 9.80. The van der Waals surface area contributed by atoms with Crippen LogP contribution in [0.5, 0.6) is 0 Å². The largest absolute Gasteiger partial charge is 0.398 e. The molecule has 2 amide bonds. The fourth-order valence-corrected chi connectivity index (χ4v) is 12.2. The van der Waals surface area contributed by atoms with Crippen molar-refractivity contribution in [2.24, 2.45) is 0 Å². The van der Waals surface area contributed by atoms with Crippen LogP contribution < -0.4 is 32.6 Å². The summed E-state index contributed by atoms with van der Waals surface area (Å²) in [6, 6.07) is 11.9. The van der Waals surface area contributed by atoms with Gasteiger partial charge in [-0.05, 0) is 121 Å². The molecule has 0 radical (unpaired) electrons. The number of carbonyl (C=O) groups is 2. The molecule has 24 heteroatoms. The van der Waals surface area contributed by atoms with Gasteiger partial charge in [0.15, 0.2) is 17.1 Å². The van der Waals surface area contributed by atoms with E-state index >= 15 is 13.2 Å². The van der Waals surface area contributed by atoms with Crippen molar-refractivity contribution in [3.8, 4) is 33.9 Å². The summed E-state index contributed by atoms with van der Waals surface area (Å²) in [5.74, 6) is -1.54. The molecule has 6 fully saturated rings. The molecule has 14 rings (SSSR count). The third-order valence-electron chi connectivity index (χ3n) is 17.1. The Morgan fingerprint density at radius 2 is 0.966 bits per heavy atom. The van der Waals surface area contributed by atoms with Crippen molar-refractivity contribution < 1.29 is 27.2 Å². The number of nitrogens with zero attached hydrogens (tertiary/aromatic N) is 14. The number of hydrogen-bond acceptors (Lipinski definition) is 16. The molecular weight excluding hydrogens is 1120 g/mol. The molecule has 4 saturated carbocycles. The van der Waals surface area contributed by atoms with E-state index < -0.39 is 34.6 Å². The van der Waals surface area contributed by atoms with E-state index in [0.29, 0.717) is 67.9 Å².